The molecule has 13 heteroatoms. The molecule has 216 valence electrons. The standard InChI is InChI=1S/C28H23Cl3F3N3O3S/c1-13-9-14(20-12-27(40-37-20,28(32,33)34)15-10-18(29)23(31)19(30)11-15)7-8-16(13)24(38)36-26-22(25(39)35-2)17-5-3-4-6-21(17)41-26/h7-11H,3-6,12H2,1-2H3,(H,35,39)(H,36,38). The van der Waals surface area contributed by atoms with Gasteiger partial charge >= 0.3 is 6.18 Å². The summed E-state index contributed by atoms with van der Waals surface area (Å²) < 4.78 is 43.2. The zero-order valence-electron chi connectivity index (χ0n) is 21.8. The number of amides is 2. The van der Waals surface area contributed by atoms with Crippen molar-refractivity contribution in [2.24, 2.45) is 5.16 Å². The van der Waals surface area contributed by atoms with E-state index in [9.17, 15) is 22.8 Å². The molecule has 0 bridgehead atoms. The predicted molar refractivity (Wildman–Crippen MR) is 155 cm³/mol. The van der Waals surface area contributed by atoms with Crippen molar-refractivity contribution in [3.8, 4) is 0 Å². The number of thiophene rings is 1. The van der Waals surface area contributed by atoms with Gasteiger partial charge in [-0.2, -0.15) is 13.2 Å². The summed E-state index contributed by atoms with van der Waals surface area (Å²) in [5.74, 6) is -0.695. The second kappa shape index (κ2) is 11.1. The van der Waals surface area contributed by atoms with E-state index in [1.54, 1.807) is 20.0 Å². The van der Waals surface area contributed by atoms with Crippen molar-refractivity contribution in [1.29, 1.82) is 0 Å². The lowest BCUT2D eigenvalue weighted by molar-refractivity contribution is -0.275. The molecule has 2 heterocycles. The molecule has 0 spiro atoms. The van der Waals surface area contributed by atoms with Crippen molar-refractivity contribution in [3.63, 3.8) is 0 Å². The van der Waals surface area contributed by atoms with Crippen LogP contribution < -0.4 is 10.6 Å². The van der Waals surface area contributed by atoms with E-state index >= 15 is 0 Å². The van der Waals surface area contributed by atoms with Crippen LogP contribution in [0.25, 0.3) is 0 Å². The first-order valence-corrected chi connectivity index (χ1v) is 14.6. The molecular formula is C28H23Cl3F3N3O3S. The van der Waals surface area contributed by atoms with Crippen molar-refractivity contribution in [3.05, 3.63) is 83.7 Å². The Morgan fingerprint density at radius 1 is 1.05 bits per heavy atom. The number of rotatable bonds is 5. The Hall–Kier alpha value is -2.79. The number of hydrogen-bond donors (Lipinski definition) is 2. The number of oxime groups is 1. The van der Waals surface area contributed by atoms with Crippen LogP contribution in [0.1, 0.15) is 67.1 Å². The third kappa shape index (κ3) is 5.31. The Morgan fingerprint density at radius 2 is 1.73 bits per heavy atom. The van der Waals surface area contributed by atoms with Crippen LogP contribution in [-0.2, 0) is 23.3 Å². The Kier molecular flexibility index (Phi) is 8.06. The molecule has 0 saturated heterocycles. The zero-order chi connectivity index (χ0) is 29.7. The zero-order valence-corrected chi connectivity index (χ0v) is 24.9. The number of anilines is 1. The maximum Gasteiger partial charge on any atom is 0.435 e. The molecule has 0 radical (unpaired) electrons. The second-order valence-corrected chi connectivity index (χ2v) is 12.2. The topological polar surface area (TPSA) is 79.8 Å². The number of hydrogen-bond acceptors (Lipinski definition) is 5. The summed E-state index contributed by atoms with van der Waals surface area (Å²) >= 11 is 19.4. The quantitative estimate of drug-likeness (QED) is 0.276. The highest BCUT2D eigenvalue weighted by Crippen LogP contribution is 2.50. The van der Waals surface area contributed by atoms with Gasteiger partial charge in [0.25, 0.3) is 17.4 Å². The largest absolute Gasteiger partial charge is 0.435 e. The van der Waals surface area contributed by atoms with E-state index < -0.39 is 24.1 Å². The Morgan fingerprint density at radius 3 is 2.37 bits per heavy atom. The van der Waals surface area contributed by atoms with E-state index in [0.717, 1.165) is 48.3 Å². The van der Waals surface area contributed by atoms with Gasteiger partial charge in [0.2, 0.25) is 0 Å². The molecule has 6 nitrogen and oxygen atoms in total. The minimum absolute atomic E-state index is 0.0346. The normalized spacial score (nSPS) is 18.4. The fraction of sp³-hybridized carbons (Fsp3) is 0.321. The van der Waals surface area contributed by atoms with Gasteiger partial charge in [-0.1, -0.05) is 46.0 Å². The van der Waals surface area contributed by atoms with Crippen molar-refractivity contribution < 1.29 is 27.6 Å². The van der Waals surface area contributed by atoms with E-state index in [4.69, 9.17) is 39.6 Å². The lowest BCUT2D eigenvalue weighted by Crippen LogP contribution is -2.42. The number of benzene rings is 2. The van der Waals surface area contributed by atoms with Crippen molar-refractivity contribution in [2.75, 3.05) is 12.4 Å². The van der Waals surface area contributed by atoms with E-state index in [0.29, 0.717) is 27.3 Å². The van der Waals surface area contributed by atoms with E-state index in [-0.39, 0.29) is 32.3 Å². The predicted octanol–water partition coefficient (Wildman–Crippen LogP) is 8.09. The smallest absolute Gasteiger partial charge is 0.374 e. The molecule has 1 aliphatic heterocycles. The van der Waals surface area contributed by atoms with Crippen LogP contribution >= 0.6 is 46.1 Å². The minimum Gasteiger partial charge on any atom is -0.374 e. The first-order valence-electron chi connectivity index (χ1n) is 12.6. The molecule has 0 saturated carbocycles. The van der Waals surface area contributed by atoms with Gasteiger partial charge in [-0.15, -0.1) is 11.3 Å². The van der Waals surface area contributed by atoms with E-state index in [1.165, 1.54) is 23.5 Å². The molecule has 2 aliphatic rings. The van der Waals surface area contributed by atoms with E-state index in [1.807, 2.05) is 0 Å². The Balaban J connectivity index is 1.41. The van der Waals surface area contributed by atoms with Crippen LogP contribution in [0.2, 0.25) is 15.1 Å². The first kappa shape index (κ1) is 29.7. The van der Waals surface area contributed by atoms with Gasteiger partial charge in [-0.25, -0.2) is 0 Å². The van der Waals surface area contributed by atoms with Crippen LogP contribution in [0.3, 0.4) is 0 Å². The lowest BCUT2D eigenvalue weighted by atomic mass is 9.86. The van der Waals surface area contributed by atoms with Crippen molar-refractivity contribution in [1.82, 2.24) is 5.32 Å². The summed E-state index contributed by atoms with van der Waals surface area (Å²) in [6.07, 6.45) is -1.89. The maximum atomic E-state index is 14.4. The number of fused-ring (bicyclic) bond motifs is 1. The van der Waals surface area contributed by atoms with Crippen LogP contribution in [0.15, 0.2) is 35.5 Å². The monoisotopic (exact) mass is 643 g/mol. The number of halogens is 6. The summed E-state index contributed by atoms with van der Waals surface area (Å²) in [6, 6.07) is 6.73. The molecule has 1 atom stereocenters. The molecule has 3 aromatic rings. The summed E-state index contributed by atoms with van der Waals surface area (Å²) in [5.41, 5.74) is -0.494. The molecule has 0 fully saturated rings. The van der Waals surface area contributed by atoms with Crippen molar-refractivity contribution >= 4 is 68.7 Å². The number of aryl methyl sites for hydroxylation is 2. The molecule has 41 heavy (non-hydrogen) atoms. The molecule has 1 unspecified atom stereocenters. The fourth-order valence-electron chi connectivity index (χ4n) is 5.13. The highest BCUT2D eigenvalue weighted by Gasteiger charge is 2.62. The number of nitrogens with one attached hydrogen (secondary N) is 2. The van der Waals surface area contributed by atoms with Gasteiger partial charge in [0.05, 0.1) is 26.3 Å². The highest BCUT2D eigenvalue weighted by atomic mass is 35.5. The first-order chi connectivity index (χ1) is 19.4. The molecular weight excluding hydrogens is 622 g/mol. The van der Waals surface area contributed by atoms with Gasteiger partial charge in [-0.05, 0) is 73.6 Å². The van der Waals surface area contributed by atoms with Gasteiger partial charge in [0, 0.05) is 29.5 Å². The number of nitrogens with zero attached hydrogens (tertiary/aromatic N) is 1. The summed E-state index contributed by atoms with van der Waals surface area (Å²) in [6.45, 7) is 1.67. The molecule has 1 aliphatic carbocycles. The van der Waals surface area contributed by atoms with Gasteiger partial charge < -0.3 is 15.5 Å². The highest BCUT2D eigenvalue weighted by molar-refractivity contribution is 7.17. The summed E-state index contributed by atoms with van der Waals surface area (Å²) in [7, 11) is 1.54. The summed E-state index contributed by atoms with van der Waals surface area (Å²) in [4.78, 5) is 32.1. The lowest BCUT2D eigenvalue weighted by Gasteiger charge is -2.30. The van der Waals surface area contributed by atoms with E-state index in [2.05, 4.69) is 15.8 Å². The van der Waals surface area contributed by atoms with Gasteiger partial charge in [0.15, 0.2) is 0 Å². The minimum atomic E-state index is -4.87. The fourth-order valence-corrected chi connectivity index (χ4v) is 7.01. The molecule has 2 amide bonds. The maximum absolute atomic E-state index is 14.4. The Labute approximate surface area is 252 Å². The third-order valence-electron chi connectivity index (χ3n) is 7.29. The summed E-state index contributed by atoms with van der Waals surface area (Å²) in [5, 5.41) is 9.43. The third-order valence-corrected chi connectivity index (χ3v) is 9.70. The van der Waals surface area contributed by atoms with Crippen molar-refractivity contribution in [2.45, 2.75) is 50.8 Å². The molecule has 2 N–H and O–H groups in total. The number of carbonyl (C=O) groups excluding carboxylic acids is 2. The van der Waals surface area contributed by atoms with Crippen LogP contribution in [0, 0.1) is 6.92 Å². The number of alkyl halides is 3. The van der Waals surface area contributed by atoms with Gasteiger partial charge in [0.1, 0.15) is 5.00 Å². The van der Waals surface area contributed by atoms with Crippen LogP contribution in [0.5, 0.6) is 0 Å². The average Bonchev–Trinajstić information content (AvgIpc) is 3.54. The SMILES string of the molecule is CNC(=O)c1c(NC(=O)c2ccc(C3=NOC(c4cc(Cl)c(Cl)c(Cl)c4)(C(F)(F)F)C3)cc2C)sc2c1CCCC2. The van der Waals surface area contributed by atoms with Crippen LogP contribution in [0.4, 0.5) is 18.2 Å². The molecule has 5 rings (SSSR count). The number of carbonyl (C=O) groups is 2. The van der Waals surface area contributed by atoms with Crippen LogP contribution in [-0.4, -0.2) is 30.8 Å². The average molecular weight is 645 g/mol. The Bertz CT molecular complexity index is 1580. The molecule has 2 aromatic carbocycles. The second-order valence-electron chi connectivity index (χ2n) is 9.86. The van der Waals surface area contributed by atoms with Gasteiger partial charge in [-0.3, -0.25) is 9.59 Å². The molecule has 1 aromatic heterocycles.